The lowest BCUT2D eigenvalue weighted by Gasteiger charge is -2.32. The van der Waals surface area contributed by atoms with E-state index in [1.54, 1.807) is 7.05 Å². The fourth-order valence-electron chi connectivity index (χ4n) is 2.86. The molecule has 0 aromatic rings. The van der Waals surface area contributed by atoms with E-state index in [-0.39, 0.29) is 17.9 Å². The van der Waals surface area contributed by atoms with Gasteiger partial charge in [0.05, 0.1) is 13.1 Å². The summed E-state index contributed by atoms with van der Waals surface area (Å²) >= 11 is 0. The van der Waals surface area contributed by atoms with E-state index >= 15 is 0 Å². The predicted octanol–water partition coefficient (Wildman–Crippen LogP) is -1.78. The van der Waals surface area contributed by atoms with Gasteiger partial charge in [-0.15, -0.1) is 0 Å². The number of rotatable bonds is 5. The molecule has 0 unspecified atom stereocenters. The Morgan fingerprint density at radius 3 is 2.19 bits per heavy atom. The van der Waals surface area contributed by atoms with Crippen molar-refractivity contribution in [1.29, 1.82) is 0 Å². The Hall–Kier alpha value is -1.18. The molecule has 0 aromatic carbocycles. The number of piperidine rings is 1. The highest BCUT2D eigenvalue weighted by atomic mass is 16.2. The molecule has 0 spiro atoms. The van der Waals surface area contributed by atoms with Crippen LogP contribution in [0.5, 0.6) is 0 Å². The Kier molecular flexibility index (Phi) is 6.41. The van der Waals surface area contributed by atoms with E-state index < -0.39 is 0 Å². The van der Waals surface area contributed by atoms with Crippen LogP contribution in [0.4, 0.5) is 0 Å². The number of nitrogens with one attached hydrogen (secondary N) is 3. The van der Waals surface area contributed by atoms with Gasteiger partial charge in [-0.2, -0.15) is 0 Å². The minimum atomic E-state index is 0.0520. The second kappa shape index (κ2) is 8.31. The van der Waals surface area contributed by atoms with E-state index in [9.17, 15) is 9.59 Å². The van der Waals surface area contributed by atoms with Crippen LogP contribution in [0.2, 0.25) is 0 Å². The molecule has 2 saturated heterocycles. The number of carbonyl (C=O) groups excluding carboxylic acids is 2. The molecule has 0 saturated carbocycles. The van der Waals surface area contributed by atoms with Gasteiger partial charge in [0.1, 0.15) is 0 Å². The first-order valence-corrected chi connectivity index (χ1v) is 7.83. The third-order valence-corrected chi connectivity index (χ3v) is 4.18. The second-order valence-electron chi connectivity index (χ2n) is 5.82. The molecule has 0 aromatic heterocycles. The van der Waals surface area contributed by atoms with E-state index in [1.807, 2.05) is 0 Å². The summed E-state index contributed by atoms with van der Waals surface area (Å²) in [4.78, 5) is 27.7. The summed E-state index contributed by atoms with van der Waals surface area (Å²) in [6.07, 6.45) is 1.84. The molecule has 2 heterocycles. The fraction of sp³-hybridized carbons (Fsp3) is 0.857. The van der Waals surface area contributed by atoms with Crippen LogP contribution in [0.15, 0.2) is 0 Å². The van der Waals surface area contributed by atoms with Crippen LogP contribution in [0.3, 0.4) is 0 Å². The van der Waals surface area contributed by atoms with Crippen molar-refractivity contribution in [1.82, 2.24) is 25.8 Å². The molecule has 2 aliphatic heterocycles. The molecular weight excluding hydrogens is 270 g/mol. The molecule has 7 heteroatoms. The van der Waals surface area contributed by atoms with Crippen molar-refractivity contribution in [3.8, 4) is 0 Å². The van der Waals surface area contributed by atoms with Gasteiger partial charge in [-0.05, 0) is 12.8 Å². The van der Waals surface area contributed by atoms with Crippen LogP contribution in [-0.2, 0) is 9.59 Å². The topological polar surface area (TPSA) is 76.7 Å². The Balaban J connectivity index is 1.63. The quantitative estimate of drug-likeness (QED) is 0.559. The van der Waals surface area contributed by atoms with Gasteiger partial charge >= 0.3 is 0 Å². The van der Waals surface area contributed by atoms with E-state index in [2.05, 4.69) is 25.8 Å². The molecular formula is C14H27N5O2. The molecule has 0 bridgehead atoms. The lowest BCUT2D eigenvalue weighted by molar-refractivity contribution is -0.124. The van der Waals surface area contributed by atoms with E-state index in [0.717, 1.165) is 52.1 Å². The molecule has 0 aliphatic carbocycles. The molecule has 3 N–H and O–H groups in total. The predicted molar refractivity (Wildman–Crippen MR) is 81.0 cm³/mol. The van der Waals surface area contributed by atoms with Crippen molar-refractivity contribution < 1.29 is 9.59 Å². The van der Waals surface area contributed by atoms with Crippen LogP contribution in [-0.4, -0.2) is 87.1 Å². The summed E-state index contributed by atoms with van der Waals surface area (Å²) in [6, 6.07) is 0.251. The van der Waals surface area contributed by atoms with Gasteiger partial charge in [0.25, 0.3) is 0 Å². The van der Waals surface area contributed by atoms with Crippen molar-refractivity contribution in [3.05, 3.63) is 0 Å². The van der Waals surface area contributed by atoms with Gasteiger partial charge in [-0.3, -0.25) is 19.4 Å². The Morgan fingerprint density at radius 1 is 1.00 bits per heavy atom. The molecule has 2 aliphatic rings. The average molecular weight is 297 g/mol. The van der Waals surface area contributed by atoms with Crippen molar-refractivity contribution in [2.45, 2.75) is 18.9 Å². The van der Waals surface area contributed by atoms with Gasteiger partial charge in [0.2, 0.25) is 11.8 Å². The summed E-state index contributed by atoms with van der Waals surface area (Å²) in [5, 5.41) is 9.05. The number of nitrogens with zero attached hydrogens (tertiary/aromatic N) is 2. The fourth-order valence-corrected chi connectivity index (χ4v) is 2.86. The monoisotopic (exact) mass is 297 g/mol. The molecule has 2 rings (SSSR count). The normalized spacial score (nSPS) is 22.0. The maximum atomic E-state index is 12.0. The highest BCUT2D eigenvalue weighted by Crippen LogP contribution is 2.09. The molecule has 7 nitrogen and oxygen atoms in total. The zero-order valence-electron chi connectivity index (χ0n) is 12.9. The number of hydrogen-bond acceptors (Lipinski definition) is 5. The highest BCUT2D eigenvalue weighted by molar-refractivity contribution is 5.78. The van der Waals surface area contributed by atoms with Crippen LogP contribution < -0.4 is 16.0 Å². The van der Waals surface area contributed by atoms with E-state index in [1.165, 1.54) is 0 Å². The number of carbonyl (C=O) groups is 2. The van der Waals surface area contributed by atoms with Crippen LogP contribution in [0.1, 0.15) is 12.8 Å². The van der Waals surface area contributed by atoms with Crippen molar-refractivity contribution in [2.24, 2.45) is 0 Å². The first-order chi connectivity index (χ1) is 10.2. The lowest BCUT2D eigenvalue weighted by Crippen LogP contribution is -2.51. The first kappa shape index (κ1) is 16.2. The van der Waals surface area contributed by atoms with Gasteiger partial charge in [0.15, 0.2) is 0 Å². The maximum Gasteiger partial charge on any atom is 0.234 e. The van der Waals surface area contributed by atoms with Crippen molar-refractivity contribution >= 4 is 11.8 Å². The van der Waals surface area contributed by atoms with Crippen LogP contribution in [0, 0.1) is 0 Å². The van der Waals surface area contributed by atoms with Gasteiger partial charge in [0, 0.05) is 52.4 Å². The van der Waals surface area contributed by atoms with Crippen LogP contribution >= 0.6 is 0 Å². The summed E-state index contributed by atoms with van der Waals surface area (Å²) in [6.45, 7) is 6.50. The second-order valence-corrected chi connectivity index (χ2v) is 5.82. The average Bonchev–Trinajstić information content (AvgIpc) is 2.50. The molecule has 0 radical (unpaired) electrons. The van der Waals surface area contributed by atoms with Crippen LogP contribution in [0.25, 0.3) is 0 Å². The minimum Gasteiger partial charge on any atom is -0.358 e. The van der Waals surface area contributed by atoms with E-state index in [0.29, 0.717) is 13.1 Å². The largest absolute Gasteiger partial charge is 0.358 e. The summed E-state index contributed by atoms with van der Waals surface area (Å²) in [5.41, 5.74) is 0. The van der Waals surface area contributed by atoms with Gasteiger partial charge in [-0.25, -0.2) is 0 Å². The molecule has 120 valence electrons. The summed E-state index contributed by atoms with van der Waals surface area (Å²) < 4.78 is 0. The zero-order chi connectivity index (χ0) is 15.1. The Labute approximate surface area is 126 Å². The maximum absolute atomic E-state index is 12.0. The Morgan fingerprint density at radius 2 is 1.57 bits per heavy atom. The number of likely N-dealkylation sites (tertiary alicyclic amines) is 1. The number of hydrogen-bond donors (Lipinski definition) is 3. The standard InChI is InChI=1S/C14H27N5O2/c1-15-13(20)10-18-6-2-12(3-7-18)17-14(21)11-19-8-4-16-5-9-19/h12,16H,2-11H2,1H3,(H,15,20)(H,17,21). The number of likely N-dealkylation sites (N-methyl/N-ethyl adjacent to an activating group) is 1. The summed E-state index contributed by atoms with van der Waals surface area (Å²) in [7, 11) is 1.66. The molecule has 2 amide bonds. The van der Waals surface area contributed by atoms with Crippen molar-refractivity contribution in [2.75, 3.05) is 59.4 Å². The molecule has 2 fully saturated rings. The Bertz CT molecular complexity index is 349. The summed E-state index contributed by atoms with van der Waals surface area (Å²) in [5.74, 6) is 0.179. The lowest BCUT2D eigenvalue weighted by atomic mass is 10.0. The number of piperazine rings is 1. The van der Waals surface area contributed by atoms with Crippen molar-refractivity contribution in [3.63, 3.8) is 0 Å². The van der Waals surface area contributed by atoms with E-state index in [4.69, 9.17) is 0 Å². The first-order valence-electron chi connectivity index (χ1n) is 7.83. The smallest absolute Gasteiger partial charge is 0.234 e. The zero-order valence-corrected chi connectivity index (χ0v) is 12.9. The molecule has 0 atom stereocenters. The minimum absolute atomic E-state index is 0.0520. The third kappa shape index (κ3) is 5.61. The highest BCUT2D eigenvalue weighted by Gasteiger charge is 2.22. The SMILES string of the molecule is CNC(=O)CN1CCC(NC(=O)CN2CCNCC2)CC1. The number of amides is 2. The third-order valence-electron chi connectivity index (χ3n) is 4.18. The van der Waals surface area contributed by atoms with Gasteiger partial charge < -0.3 is 16.0 Å². The molecule has 21 heavy (non-hydrogen) atoms. The van der Waals surface area contributed by atoms with Gasteiger partial charge in [-0.1, -0.05) is 0 Å².